The Morgan fingerprint density at radius 1 is 1.22 bits per heavy atom. The summed E-state index contributed by atoms with van der Waals surface area (Å²) in [7, 11) is 3.02. The van der Waals surface area contributed by atoms with Gasteiger partial charge in [-0.2, -0.15) is 0 Å². The fourth-order valence-corrected chi connectivity index (χ4v) is 3.06. The lowest BCUT2D eigenvalue weighted by Crippen LogP contribution is -2.38. The standard InChI is InChI=1S/C18H25NO4/c1-22-15-8-5-7-14(13-15)16-9-3-4-12-19(16)17(20)10-6-11-18(21)23-2/h5,7-8,13,16H,3-4,6,9-12H2,1-2H3/t16-/m0/s1. The Kier molecular flexibility index (Phi) is 6.44. The van der Waals surface area contributed by atoms with E-state index in [1.54, 1.807) is 7.11 Å². The molecule has 0 spiro atoms. The van der Waals surface area contributed by atoms with E-state index in [0.29, 0.717) is 19.3 Å². The van der Waals surface area contributed by atoms with E-state index in [4.69, 9.17) is 4.74 Å². The first-order valence-electron chi connectivity index (χ1n) is 8.16. The van der Waals surface area contributed by atoms with E-state index < -0.39 is 0 Å². The van der Waals surface area contributed by atoms with Crippen molar-refractivity contribution in [2.75, 3.05) is 20.8 Å². The molecular formula is C18H25NO4. The van der Waals surface area contributed by atoms with Crippen LogP contribution in [0.25, 0.3) is 0 Å². The van der Waals surface area contributed by atoms with Crippen molar-refractivity contribution in [2.24, 2.45) is 0 Å². The zero-order valence-electron chi connectivity index (χ0n) is 13.9. The van der Waals surface area contributed by atoms with Gasteiger partial charge in [-0.05, 0) is 43.4 Å². The molecule has 126 valence electrons. The van der Waals surface area contributed by atoms with Crippen molar-refractivity contribution in [2.45, 2.75) is 44.6 Å². The number of esters is 1. The van der Waals surface area contributed by atoms with Crippen LogP contribution in [-0.2, 0) is 14.3 Å². The van der Waals surface area contributed by atoms with Gasteiger partial charge in [-0.25, -0.2) is 0 Å². The molecule has 2 rings (SSSR count). The molecule has 0 unspecified atom stereocenters. The largest absolute Gasteiger partial charge is 0.497 e. The molecule has 1 atom stereocenters. The van der Waals surface area contributed by atoms with Gasteiger partial charge in [-0.1, -0.05) is 12.1 Å². The SMILES string of the molecule is COC(=O)CCCC(=O)N1CCCC[C@H]1c1cccc(OC)c1. The van der Waals surface area contributed by atoms with Gasteiger partial charge in [0.15, 0.2) is 0 Å². The maximum Gasteiger partial charge on any atom is 0.305 e. The van der Waals surface area contributed by atoms with E-state index in [2.05, 4.69) is 4.74 Å². The Hall–Kier alpha value is -2.04. The summed E-state index contributed by atoms with van der Waals surface area (Å²) in [5.74, 6) is 0.661. The third-order valence-corrected chi connectivity index (χ3v) is 4.30. The molecule has 1 fully saturated rings. The van der Waals surface area contributed by atoms with Gasteiger partial charge in [-0.3, -0.25) is 9.59 Å². The van der Waals surface area contributed by atoms with Crippen LogP contribution >= 0.6 is 0 Å². The fraction of sp³-hybridized carbons (Fsp3) is 0.556. The zero-order chi connectivity index (χ0) is 16.7. The van der Waals surface area contributed by atoms with Gasteiger partial charge in [0.05, 0.1) is 20.3 Å². The molecule has 1 saturated heterocycles. The maximum absolute atomic E-state index is 12.5. The molecule has 1 aromatic rings. The number of benzene rings is 1. The first-order valence-corrected chi connectivity index (χ1v) is 8.16. The molecule has 1 aromatic carbocycles. The summed E-state index contributed by atoms with van der Waals surface area (Å²) in [5, 5.41) is 0. The van der Waals surface area contributed by atoms with Crippen LogP contribution in [0.1, 0.15) is 50.1 Å². The highest BCUT2D eigenvalue weighted by Crippen LogP contribution is 2.33. The molecule has 0 aromatic heterocycles. The van der Waals surface area contributed by atoms with Crippen LogP contribution in [0.5, 0.6) is 5.75 Å². The Morgan fingerprint density at radius 3 is 2.78 bits per heavy atom. The van der Waals surface area contributed by atoms with Crippen LogP contribution in [0.4, 0.5) is 0 Å². The number of hydrogen-bond donors (Lipinski definition) is 0. The normalized spacial score (nSPS) is 17.7. The minimum absolute atomic E-state index is 0.101. The minimum Gasteiger partial charge on any atom is -0.497 e. The number of carbonyl (C=O) groups is 2. The van der Waals surface area contributed by atoms with Crippen LogP contribution < -0.4 is 4.74 Å². The third-order valence-electron chi connectivity index (χ3n) is 4.30. The van der Waals surface area contributed by atoms with Gasteiger partial charge >= 0.3 is 5.97 Å². The van der Waals surface area contributed by atoms with Crippen LogP contribution in [0.3, 0.4) is 0 Å². The van der Waals surface area contributed by atoms with Crippen LogP contribution in [0, 0.1) is 0 Å². The van der Waals surface area contributed by atoms with Gasteiger partial charge in [0.1, 0.15) is 5.75 Å². The van der Waals surface area contributed by atoms with Crippen LogP contribution in [0.2, 0.25) is 0 Å². The molecular weight excluding hydrogens is 294 g/mol. The summed E-state index contributed by atoms with van der Waals surface area (Å²) in [6, 6.07) is 8.03. The summed E-state index contributed by atoms with van der Waals surface area (Å²) in [5.41, 5.74) is 1.12. The second-order valence-corrected chi connectivity index (χ2v) is 5.81. The van der Waals surface area contributed by atoms with Crippen LogP contribution in [-0.4, -0.2) is 37.5 Å². The van der Waals surface area contributed by atoms with E-state index in [-0.39, 0.29) is 17.9 Å². The Morgan fingerprint density at radius 2 is 2.04 bits per heavy atom. The van der Waals surface area contributed by atoms with Crippen molar-refractivity contribution in [1.82, 2.24) is 4.90 Å². The predicted molar refractivity (Wildman–Crippen MR) is 87.2 cm³/mol. The van der Waals surface area contributed by atoms with E-state index in [0.717, 1.165) is 37.1 Å². The highest BCUT2D eigenvalue weighted by Gasteiger charge is 2.27. The highest BCUT2D eigenvalue weighted by molar-refractivity contribution is 5.77. The number of nitrogens with zero attached hydrogens (tertiary/aromatic N) is 1. The van der Waals surface area contributed by atoms with Gasteiger partial charge < -0.3 is 14.4 Å². The average Bonchev–Trinajstić information content (AvgIpc) is 2.61. The minimum atomic E-state index is -0.263. The Bertz CT molecular complexity index is 544. The molecule has 5 nitrogen and oxygen atoms in total. The van der Waals surface area contributed by atoms with E-state index in [1.165, 1.54) is 7.11 Å². The van der Waals surface area contributed by atoms with Crippen molar-refractivity contribution >= 4 is 11.9 Å². The first kappa shape index (κ1) is 17.3. The molecule has 0 N–H and O–H groups in total. The Balaban J connectivity index is 2.02. The van der Waals surface area contributed by atoms with E-state index in [9.17, 15) is 9.59 Å². The van der Waals surface area contributed by atoms with Gasteiger partial charge in [0.25, 0.3) is 0 Å². The maximum atomic E-state index is 12.5. The lowest BCUT2D eigenvalue weighted by atomic mass is 9.94. The second kappa shape index (κ2) is 8.56. The van der Waals surface area contributed by atoms with E-state index >= 15 is 0 Å². The monoisotopic (exact) mass is 319 g/mol. The van der Waals surface area contributed by atoms with Crippen molar-refractivity contribution in [3.8, 4) is 5.75 Å². The number of hydrogen-bond acceptors (Lipinski definition) is 4. The van der Waals surface area contributed by atoms with Gasteiger partial charge in [0.2, 0.25) is 5.91 Å². The first-order chi connectivity index (χ1) is 11.2. The molecule has 0 aliphatic carbocycles. The Labute approximate surface area is 137 Å². The number of rotatable bonds is 6. The summed E-state index contributed by atoms with van der Waals surface area (Å²) in [6.45, 7) is 0.777. The number of piperidine rings is 1. The number of carbonyl (C=O) groups excluding carboxylic acids is 2. The quantitative estimate of drug-likeness (QED) is 0.756. The second-order valence-electron chi connectivity index (χ2n) is 5.81. The van der Waals surface area contributed by atoms with Crippen molar-refractivity contribution in [3.05, 3.63) is 29.8 Å². The average molecular weight is 319 g/mol. The zero-order valence-corrected chi connectivity index (χ0v) is 13.9. The summed E-state index contributed by atoms with van der Waals surface area (Å²) in [4.78, 5) is 25.7. The number of methoxy groups -OCH3 is 2. The molecule has 0 saturated carbocycles. The molecule has 0 bridgehead atoms. The van der Waals surface area contributed by atoms with Crippen molar-refractivity contribution in [3.63, 3.8) is 0 Å². The summed E-state index contributed by atoms with van der Waals surface area (Å²) in [6.07, 6.45) is 4.33. The topological polar surface area (TPSA) is 55.8 Å². The molecule has 23 heavy (non-hydrogen) atoms. The van der Waals surface area contributed by atoms with Crippen molar-refractivity contribution in [1.29, 1.82) is 0 Å². The molecule has 5 heteroatoms. The van der Waals surface area contributed by atoms with Crippen molar-refractivity contribution < 1.29 is 19.1 Å². The third kappa shape index (κ3) is 4.71. The molecule has 1 heterocycles. The summed E-state index contributed by atoms with van der Waals surface area (Å²) >= 11 is 0. The van der Waals surface area contributed by atoms with Gasteiger partial charge in [-0.15, -0.1) is 0 Å². The highest BCUT2D eigenvalue weighted by atomic mass is 16.5. The number of ether oxygens (including phenoxy) is 2. The summed E-state index contributed by atoms with van der Waals surface area (Å²) < 4.78 is 9.91. The van der Waals surface area contributed by atoms with E-state index in [1.807, 2.05) is 29.2 Å². The smallest absolute Gasteiger partial charge is 0.305 e. The molecule has 1 aliphatic rings. The molecule has 0 radical (unpaired) electrons. The fourth-order valence-electron chi connectivity index (χ4n) is 3.06. The molecule has 1 aliphatic heterocycles. The molecule has 1 amide bonds. The van der Waals surface area contributed by atoms with Crippen LogP contribution in [0.15, 0.2) is 24.3 Å². The number of likely N-dealkylation sites (tertiary alicyclic amines) is 1. The van der Waals surface area contributed by atoms with Gasteiger partial charge in [0, 0.05) is 19.4 Å². The lowest BCUT2D eigenvalue weighted by Gasteiger charge is -2.36. The number of amides is 1. The lowest BCUT2D eigenvalue weighted by molar-refractivity contribution is -0.141. The predicted octanol–water partition coefficient (Wildman–Crippen LogP) is 3.09.